The molecular formula is C14H16N2O2S. The smallest absolute Gasteiger partial charge is 0.184 e. The van der Waals surface area contributed by atoms with Crippen molar-refractivity contribution in [3.63, 3.8) is 0 Å². The van der Waals surface area contributed by atoms with Crippen LogP contribution in [0, 0.1) is 13.8 Å². The third kappa shape index (κ3) is 2.93. The van der Waals surface area contributed by atoms with Gasteiger partial charge in [0.05, 0.1) is 16.3 Å². The second-order valence-corrected chi connectivity index (χ2v) is 6.50. The molecule has 0 saturated carbocycles. The Hall–Kier alpha value is -1.88. The second-order valence-electron chi connectivity index (χ2n) is 4.51. The predicted molar refractivity (Wildman–Crippen MR) is 75.5 cm³/mol. The van der Waals surface area contributed by atoms with Crippen molar-refractivity contribution in [3.05, 3.63) is 53.2 Å². The third-order valence-electron chi connectivity index (χ3n) is 3.06. The summed E-state index contributed by atoms with van der Waals surface area (Å²) >= 11 is 0. The Morgan fingerprint density at radius 2 is 1.79 bits per heavy atom. The van der Waals surface area contributed by atoms with Gasteiger partial charge in [0.15, 0.2) is 9.84 Å². The van der Waals surface area contributed by atoms with Crippen LogP contribution in [0.5, 0.6) is 0 Å². The van der Waals surface area contributed by atoms with Gasteiger partial charge in [-0.2, -0.15) is 0 Å². The van der Waals surface area contributed by atoms with E-state index in [2.05, 4.69) is 4.98 Å². The van der Waals surface area contributed by atoms with Gasteiger partial charge in [-0.3, -0.25) is 0 Å². The lowest BCUT2D eigenvalue weighted by molar-refractivity contribution is 0.594. The molecule has 0 aliphatic carbocycles. The lowest BCUT2D eigenvalue weighted by atomic mass is 10.1. The highest BCUT2D eigenvalue weighted by Gasteiger charge is 2.16. The van der Waals surface area contributed by atoms with Crippen molar-refractivity contribution in [2.75, 3.05) is 5.73 Å². The summed E-state index contributed by atoms with van der Waals surface area (Å²) in [5, 5.41) is 0. The molecule has 4 nitrogen and oxygen atoms in total. The lowest BCUT2D eigenvalue weighted by Gasteiger charge is -2.08. The number of hydrogen-bond acceptors (Lipinski definition) is 4. The monoisotopic (exact) mass is 276 g/mol. The van der Waals surface area contributed by atoms with Crippen LogP contribution in [-0.2, 0) is 15.6 Å². The van der Waals surface area contributed by atoms with Gasteiger partial charge in [-0.15, -0.1) is 0 Å². The molecule has 19 heavy (non-hydrogen) atoms. The van der Waals surface area contributed by atoms with Gasteiger partial charge in [-0.1, -0.05) is 18.2 Å². The van der Waals surface area contributed by atoms with E-state index in [0.29, 0.717) is 16.4 Å². The number of pyridine rings is 1. The van der Waals surface area contributed by atoms with Crippen LogP contribution in [0.3, 0.4) is 0 Å². The minimum absolute atomic E-state index is 0.137. The van der Waals surface area contributed by atoms with Gasteiger partial charge < -0.3 is 5.73 Å². The molecule has 1 aromatic heterocycles. The van der Waals surface area contributed by atoms with E-state index in [1.54, 1.807) is 36.4 Å². The average Bonchev–Trinajstić information content (AvgIpc) is 2.36. The number of nitrogen functional groups attached to an aromatic ring is 1. The highest BCUT2D eigenvalue weighted by Crippen LogP contribution is 2.19. The molecule has 1 aromatic carbocycles. The fourth-order valence-corrected chi connectivity index (χ4v) is 3.09. The molecule has 0 radical (unpaired) electrons. The average molecular weight is 276 g/mol. The van der Waals surface area contributed by atoms with Gasteiger partial charge in [0.1, 0.15) is 5.82 Å². The van der Waals surface area contributed by atoms with Crippen molar-refractivity contribution in [2.45, 2.75) is 24.5 Å². The van der Waals surface area contributed by atoms with Crippen LogP contribution in [0.15, 0.2) is 41.3 Å². The molecule has 0 unspecified atom stereocenters. The minimum Gasteiger partial charge on any atom is -0.383 e. The largest absolute Gasteiger partial charge is 0.383 e. The quantitative estimate of drug-likeness (QED) is 0.933. The summed E-state index contributed by atoms with van der Waals surface area (Å²) in [7, 11) is -3.38. The van der Waals surface area contributed by atoms with E-state index in [9.17, 15) is 8.42 Å². The van der Waals surface area contributed by atoms with Crippen LogP contribution in [0.4, 0.5) is 5.82 Å². The molecule has 0 amide bonds. The molecule has 2 N–H and O–H groups in total. The highest BCUT2D eigenvalue weighted by molar-refractivity contribution is 7.90. The topological polar surface area (TPSA) is 73.0 Å². The summed E-state index contributed by atoms with van der Waals surface area (Å²) in [6.07, 6.45) is 0. The SMILES string of the molecule is Cc1cc(CS(=O)(=O)c2ccccc2)nc(N)c1C. The number of hydrogen-bond donors (Lipinski definition) is 1. The Bertz CT molecular complexity index is 672. The summed E-state index contributed by atoms with van der Waals surface area (Å²) in [5.41, 5.74) is 8.09. The fraction of sp³-hybridized carbons (Fsp3) is 0.214. The van der Waals surface area contributed by atoms with Gasteiger partial charge in [-0.25, -0.2) is 13.4 Å². The molecule has 0 atom stereocenters. The standard InChI is InChI=1S/C14H16N2O2S/c1-10-8-12(16-14(15)11(10)2)9-19(17,18)13-6-4-3-5-7-13/h3-8H,9H2,1-2H3,(H2,15,16). The molecule has 0 aliphatic rings. The van der Waals surface area contributed by atoms with Gasteiger partial charge in [-0.05, 0) is 43.2 Å². The van der Waals surface area contributed by atoms with Gasteiger partial charge in [0, 0.05) is 0 Å². The van der Waals surface area contributed by atoms with E-state index in [4.69, 9.17) is 5.73 Å². The van der Waals surface area contributed by atoms with Crippen molar-refractivity contribution in [3.8, 4) is 0 Å². The molecule has 0 bridgehead atoms. The number of nitrogens with two attached hydrogens (primary N) is 1. The number of sulfone groups is 1. The van der Waals surface area contributed by atoms with Crippen molar-refractivity contribution in [1.82, 2.24) is 4.98 Å². The minimum atomic E-state index is -3.38. The Kier molecular flexibility index (Phi) is 3.57. The Morgan fingerprint density at radius 3 is 2.37 bits per heavy atom. The molecule has 5 heteroatoms. The number of aromatic nitrogens is 1. The fourth-order valence-electron chi connectivity index (χ4n) is 1.81. The molecule has 2 aromatic rings. The van der Waals surface area contributed by atoms with Crippen LogP contribution >= 0.6 is 0 Å². The zero-order valence-electron chi connectivity index (χ0n) is 10.9. The summed E-state index contributed by atoms with van der Waals surface area (Å²) in [4.78, 5) is 4.44. The first-order valence-corrected chi connectivity index (χ1v) is 7.56. The summed E-state index contributed by atoms with van der Waals surface area (Å²) in [6, 6.07) is 10.1. The molecular weight excluding hydrogens is 260 g/mol. The van der Waals surface area contributed by atoms with E-state index in [1.165, 1.54) is 0 Å². The van der Waals surface area contributed by atoms with Crippen molar-refractivity contribution < 1.29 is 8.42 Å². The molecule has 0 saturated heterocycles. The zero-order valence-corrected chi connectivity index (χ0v) is 11.7. The number of benzene rings is 1. The van der Waals surface area contributed by atoms with Crippen molar-refractivity contribution >= 4 is 15.7 Å². The maximum Gasteiger partial charge on any atom is 0.184 e. The first kappa shape index (κ1) is 13.5. The molecule has 1 heterocycles. The van der Waals surface area contributed by atoms with Gasteiger partial charge in [0.2, 0.25) is 0 Å². The summed E-state index contributed by atoms with van der Waals surface area (Å²) in [6.45, 7) is 3.76. The van der Waals surface area contributed by atoms with E-state index >= 15 is 0 Å². The molecule has 100 valence electrons. The maximum atomic E-state index is 12.2. The molecule has 2 rings (SSSR count). The zero-order chi connectivity index (χ0) is 14.0. The number of aryl methyl sites for hydroxylation is 1. The molecule has 0 fully saturated rings. The second kappa shape index (κ2) is 5.01. The van der Waals surface area contributed by atoms with Crippen LogP contribution < -0.4 is 5.73 Å². The molecule has 0 spiro atoms. The number of rotatable bonds is 3. The molecule has 0 aliphatic heterocycles. The lowest BCUT2D eigenvalue weighted by Crippen LogP contribution is -2.08. The van der Waals surface area contributed by atoms with Crippen molar-refractivity contribution in [2.24, 2.45) is 0 Å². The van der Waals surface area contributed by atoms with E-state index < -0.39 is 9.84 Å². The maximum absolute atomic E-state index is 12.2. The predicted octanol–water partition coefficient (Wildman–Crippen LogP) is 2.25. The number of anilines is 1. The summed E-state index contributed by atoms with van der Waals surface area (Å²) < 4.78 is 24.5. The van der Waals surface area contributed by atoms with Crippen LogP contribution in [-0.4, -0.2) is 13.4 Å². The highest BCUT2D eigenvalue weighted by atomic mass is 32.2. The van der Waals surface area contributed by atoms with Gasteiger partial charge in [0.25, 0.3) is 0 Å². The normalized spacial score (nSPS) is 11.5. The van der Waals surface area contributed by atoms with Crippen LogP contribution in [0.25, 0.3) is 0 Å². The first-order chi connectivity index (χ1) is 8.90. The van der Waals surface area contributed by atoms with Gasteiger partial charge >= 0.3 is 0 Å². The van der Waals surface area contributed by atoms with Crippen LogP contribution in [0.1, 0.15) is 16.8 Å². The third-order valence-corrected chi connectivity index (χ3v) is 4.73. The Balaban J connectivity index is 2.37. The van der Waals surface area contributed by atoms with Crippen molar-refractivity contribution in [1.29, 1.82) is 0 Å². The van der Waals surface area contributed by atoms with E-state index in [0.717, 1.165) is 11.1 Å². The van der Waals surface area contributed by atoms with E-state index in [1.807, 2.05) is 13.8 Å². The number of nitrogens with zero attached hydrogens (tertiary/aromatic N) is 1. The first-order valence-electron chi connectivity index (χ1n) is 5.90. The van der Waals surface area contributed by atoms with E-state index in [-0.39, 0.29) is 5.75 Å². The Labute approximate surface area is 113 Å². The Morgan fingerprint density at radius 1 is 1.16 bits per heavy atom. The van der Waals surface area contributed by atoms with Crippen LogP contribution in [0.2, 0.25) is 0 Å². The summed E-state index contributed by atoms with van der Waals surface area (Å²) in [5.74, 6) is 0.251.